The van der Waals surface area contributed by atoms with Gasteiger partial charge in [-0.2, -0.15) is 0 Å². The molecule has 302 valence electrons. The molecule has 0 spiro atoms. The Kier molecular flexibility index (Phi) is 9.52. The number of rotatable bonds is 6. The maximum absolute atomic E-state index is 6.79. The first-order chi connectivity index (χ1) is 29.9. The molecule has 63 heavy (non-hydrogen) atoms. The molecule has 13 heteroatoms. The van der Waals surface area contributed by atoms with Gasteiger partial charge in [0.25, 0.3) is 0 Å². The summed E-state index contributed by atoms with van der Waals surface area (Å²) in [6.07, 6.45) is 0. The van der Waals surface area contributed by atoms with Crippen LogP contribution >= 0.6 is 0 Å². The van der Waals surface area contributed by atoms with Gasteiger partial charge in [0.1, 0.15) is 22.9 Å². The Labute approximate surface area is 375 Å². The second-order valence-electron chi connectivity index (χ2n) is 17.2. The van der Waals surface area contributed by atoms with Gasteiger partial charge in [-0.05, 0) is 57.9 Å². The van der Waals surface area contributed by atoms with Crippen LogP contribution in [0.25, 0.3) is 89.7 Å². The van der Waals surface area contributed by atoms with Gasteiger partial charge in [0, 0.05) is 57.0 Å². The Bertz CT molecular complexity index is 3250. The van der Waals surface area contributed by atoms with Crippen molar-refractivity contribution < 1.29 is 29.0 Å². The first-order valence-electron chi connectivity index (χ1n) is 20.3. The minimum Gasteiger partial charge on any atom is -0.453 e. The summed E-state index contributed by atoms with van der Waals surface area (Å²) in [5.41, 5.74) is 7.18. The molecule has 6 aromatic carbocycles. The average Bonchev–Trinajstić information content (AvgIpc) is 3.99. The third-order valence-corrected chi connectivity index (χ3v) is 11.1. The van der Waals surface area contributed by atoms with Gasteiger partial charge in [0.2, 0.25) is 0 Å². The van der Waals surface area contributed by atoms with E-state index in [0.717, 1.165) is 44.0 Å². The molecule has 8 bridgehead atoms. The zero-order chi connectivity index (χ0) is 42.3. The van der Waals surface area contributed by atoms with Crippen molar-refractivity contribution in [2.24, 2.45) is 0 Å². The minimum absolute atomic E-state index is 0. The maximum Gasteiger partial charge on any atom is 2.00 e. The van der Waals surface area contributed by atoms with Crippen molar-refractivity contribution in [1.29, 1.82) is 0 Å². The summed E-state index contributed by atoms with van der Waals surface area (Å²) in [6.45, 7) is 0. The molecule has 0 fully saturated rings. The molecule has 0 atom stereocenters. The van der Waals surface area contributed by atoms with Gasteiger partial charge in [-0.3, -0.25) is 8.97 Å². The first kappa shape index (κ1) is 39.9. The van der Waals surface area contributed by atoms with Gasteiger partial charge < -0.3 is 39.4 Å². The van der Waals surface area contributed by atoms with Gasteiger partial charge in [-0.25, -0.2) is 9.97 Å². The molecule has 0 saturated heterocycles. The van der Waals surface area contributed by atoms with Crippen LogP contribution in [0.5, 0.6) is 23.0 Å². The standard InChI is InChI=1S/C50H40N10O2.Zn/c1-59(2,3)29-15-13-17-31(25-29)61-41-27-39-40(28-42(41)62-32-18-14-16-30(26-32)60(4,5)6)50-57-48-38-24-12-10-22-36(38)46(55-48)53-44-34-20-8-7-19-33(34)43(51-44)52-45-35-21-9-11-23-37(35)47(54-45)56-49(39)58-50;/h7-28H,1-6H3;/q;+2. The number of hydrogen-bond acceptors (Lipinski definition) is 8. The quantitative estimate of drug-likeness (QED) is 0.118. The van der Waals surface area contributed by atoms with Crippen LogP contribution in [-0.2, 0) is 19.5 Å². The van der Waals surface area contributed by atoms with Gasteiger partial charge in [-0.15, -0.1) is 0 Å². The van der Waals surface area contributed by atoms with Crippen molar-refractivity contribution in [3.8, 4) is 68.5 Å². The van der Waals surface area contributed by atoms with E-state index in [1.54, 1.807) is 0 Å². The number of ether oxygens (including phenoxy) is 2. The monoisotopic (exact) mass is 876 g/mol. The van der Waals surface area contributed by atoms with E-state index in [4.69, 9.17) is 49.3 Å². The zero-order valence-electron chi connectivity index (χ0n) is 35.7. The summed E-state index contributed by atoms with van der Waals surface area (Å²) in [6, 6.07) is 43.8. The molecule has 11 rings (SSSR count). The van der Waals surface area contributed by atoms with Crippen molar-refractivity contribution >= 4 is 55.5 Å². The number of fused-ring (bicyclic) bond motifs is 20. The Morgan fingerprint density at radius 1 is 0.365 bits per heavy atom. The fourth-order valence-electron chi connectivity index (χ4n) is 7.86. The van der Waals surface area contributed by atoms with Crippen LogP contribution in [-0.4, -0.2) is 72.2 Å². The smallest absolute Gasteiger partial charge is 0.453 e. The van der Waals surface area contributed by atoms with E-state index in [-0.39, 0.29) is 19.5 Å². The van der Waals surface area contributed by atoms with E-state index < -0.39 is 0 Å². The molecule has 5 heterocycles. The molecule has 12 nitrogen and oxygen atoms in total. The largest absolute Gasteiger partial charge is 2.00 e. The normalized spacial score (nSPS) is 12.2. The molecule has 0 saturated carbocycles. The molecular weight excluding hydrogens is 838 g/mol. The van der Waals surface area contributed by atoms with Crippen molar-refractivity contribution in [3.05, 3.63) is 133 Å². The molecule has 3 aromatic heterocycles. The van der Waals surface area contributed by atoms with E-state index in [2.05, 4.69) is 54.4 Å². The van der Waals surface area contributed by atoms with Crippen LogP contribution in [0, 0.1) is 0 Å². The third-order valence-electron chi connectivity index (χ3n) is 11.1. The summed E-state index contributed by atoms with van der Waals surface area (Å²) in [5, 5.41) is 3.32. The first-order valence-corrected chi connectivity index (χ1v) is 20.3. The molecule has 0 aliphatic carbocycles. The molecule has 2 aliphatic heterocycles. The van der Waals surface area contributed by atoms with Crippen LogP contribution in [0.3, 0.4) is 0 Å². The van der Waals surface area contributed by atoms with Gasteiger partial charge in [0.15, 0.2) is 11.5 Å². The molecule has 0 unspecified atom stereocenters. The second-order valence-corrected chi connectivity index (χ2v) is 17.2. The summed E-state index contributed by atoms with van der Waals surface area (Å²) < 4.78 is 14.8. The van der Waals surface area contributed by atoms with E-state index in [9.17, 15) is 0 Å². The summed E-state index contributed by atoms with van der Waals surface area (Å²) in [5.74, 6) is 4.10. The average molecular weight is 878 g/mol. The summed E-state index contributed by atoms with van der Waals surface area (Å²) in [4.78, 5) is 40.7. The number of quaternary nitrogens is 2. The maximum atomic E-state index is 6.79. The third kappa shape index (κ3) is 7.19. The molecule has 0 amide bonds. The number of aromatic nitrogens is 8. The Balaban J connectivity index is 0.00000471. The zero-order valence-corrected chi connectivity index (χ0v) is 38.7. The number of nitrogens with zero attached hydrogens (tertiary/aromatic N) is 10. The van der Waals surface area contributed by atoms with Gasteiger partial charge >= 0.3 is 19.5 Å². The number of benzene rings is 6. The van der Waals surface area contributed by atoms with Crippen molar-refractivity contribution in [2.75, 3.05) is 42.3 Å². The number of hydrogen-bond donors (Lipinski definition) is 0. The molecule has 2 aliphatic rings. The Hall–Kier alpha value is -7.18. The topological polar surface area (TPSA) is 124 Å². The summed E-state index contributed by atoms with van der Waals surface area (Å²) in [7, 11) is 12.7. The predicted octanol–water partition coefficient (Wildman–Crippen LogP) is 10.1. The van der Waals surface area contributed by atoms with Crippen LogP contribution in [0.2, 0.25) is 0 Å². The van der Waals surface area contributed by atoms with E-state index in [1.165, 1.54) is 0 Å². The van der Waals surface area contributed by atoms with E-state index >= 15 is 0 Å². The van der Waals surface area contributed by atoms with Gasteiger partial charge in [0.05, 0.1) is 65.6 Å². The molecule has 0 radical (unpaired) electrons. The van der Waals surface area contributed by atoms with Crippen LogP contribution in [0.15, 0.2) is 133 Å². The minimum atomic E-state index is 0. The fourth-order valence-corrected chi connectivity index (χ4v) is 7.86. The van der Waals surface area contributed by atoms with Crippen molar-refractivity contribution in [2.45, 2.75) is 0 Å². The van der Waals surface area contributed by atoms with Crippen LogP contribution < -0.4 is 28.4 Å². The molecule has 0 N–H and O–H groups in total. The predicted molar refractivity (Wildman–Crippen MR) is 246 cm³/mol. The SMILES string of the molecule is C[N+](C)(C)c1cccc(Oc2cc3c(cc2Oc2cccc([N+](C)(C)C)c2)-c2nc-3nc3[n-]c(nc4nc(nc5[n-]c(n2)c2ccccc52)-c2ccccc2-4)c2ccccc32)c1.[Zn+2]. The Morgan fingerprint density at radius 3 is 1.05 bits per heavy atom. The summed E-state index contributed by atoms with van der Waals surface area (Å²) >= 11 is 0. The van der Waals surface area contributed by atoms with E-state index in [0.29, 0.717) is 89.0 Å². The van der Waals surface area contributed by atoms with Crippen molar-refractivity contribution in [3.63, 3.8) is 0 Å². The van der Waals surface area contributed by atoms with Crippen molar-refractivity contribution in [1.82, 2.24) is 48.8 Å². The second kappa shape index (κ2) is 15.0. The molecular formula is C50H40N10O2Zn+2. The van der Waals surface area contributed by atoms with Crippen LogP contribution in [0.4, 0.5) is 11.4 Å². The van der Waals surface area contributed by atoms with E-state index in [1.807, 2.05) is 121 Å². The fraction of sp³-hybridized carbons (Fsp3) is 0.120. The Morgan fingerprint density at radius 2 is 0.698 bits per heavy atom. The molecule has 9 aromatic rings. The van der Waals surface area contributed by atoms with Crippen LogP contribution in [0.1, 0.15) is 0 Å². The van der Waals surface area contributed by atoms with Gasteiger partial charge in [-0.1, -0.05) is 84.9 Å².